The second kappa shape index (κ2) is 6.36. The zero-order valence-corrected chi connectivity index (χ0v) is 11.4. The molecule has 0 aromatic rings. The Morgan fingerprint density at radius 1 is 1.53 bits per heavy atom. The highest BCUT2D eigenvalue weighted by atomic mass is 16.5. The van der Waals surface area contributed by atoms with Crippen molar-refractivity contribution in [3.63, 3.8) is 0 Å². The Hall–Kier alpha value is -0.610. The molecule has 4 heteroatoms. The van der Waals surface area contributed by atoms with E-state index in [2.05, 4.69) is 13.8 Å². The molecule has 1 aliphatic rings. The van der Waals surface area contributed by atoms with Crippen LogP contribution in [0.15, 0.2) is 0 Å². The van der Waals surface area contributed by atoms with Crippen molar-refractivity contribution in [1.29, 1.82) is 0 Å². The molecule has 17 heavy (non-hydrogen) atoms. The Kier molecular flexibility index (Phi) is 5.40. The third kappa shape index (κ3) is 5.04. The maximum atomic E-state index is 11.9. The van der Waals surface area contributed by atoms with Crippen molar-refractivity contribution >= 4 is 5.91 Å². The molecule has 1 fully saturated rings. The highest BCUT2D eigenvalue weighted by molar-refractivity contribution is 5.75. The van der Waals surface area contributed by atoms with Crippen LogP contribution in [0.3, 0.4) is 0 Å². The normalized spacial score (nSPS) is 20.6. The van der Waals surface area contributed by atoms with Crippen molar-refractivity contribution in [2.75, 3.05) is 26.7 Å². The number of carbonyl (C=O) groups is 1. The van der Waals surface area contributed by atoms with Crippen LogP contribution in [0.1, 0.15) is 39.5 Å². The minimum absolute atomic E-state index is 0.00569. The van der Waals surface area contributed by atoms with E-state index in [1.54, 1.807) is 4.90 Å². The molecule has 0 aliphatic carbocycles. The van der Waals surface area contributed by atoms with E-state index in [0.717, 1.165) is 25.9 Å². The van der Waals surface area contributed by atoms with E-state index in [-0.39, 0.29) is 11.3 Å². The molecule has 1 heterocycles. The molecule has 1 amide bonds. The minimum Gasteiger partial charge on any atom is -0.378 e. The maximum absolute atomic E-state index is 11.9. The summed E-state index contributed by atoms with van der Waals surface area (Å²) >= 11 is 0. The van der Waals surface area contributed by atoms with Gasteiger partial charge in [0.2, 0.25) is 5.91 Å². The van der Waals surface area contributed by atoms with E-state index in [9.17, 15) is 4.79 Å². The highest BCUT2D eigenvalue weighted by Crippen LogP contribution is 2.18. The van der Waals surface area contributed by atoms with E-state index in [1.807, 2.05) is 7.05 Å². The van der Waals surface area contributed by atoms with Gasteiger partial charge in [-0.3, -0.25) is 4.79 Å². The average molecular weight is 242 g/mol. The first-order valence-corrected chi connectivity index (χ1v) is 6.50. The average Bonchev–Trinajstić information content (AvgIpc) is 2.78. The van der Waals surface area contributed by atoms with Gasteiger partial charge in [-0.15, -0.1) is 0 Å². The molecule has 1 aliphatic heterocycles. The third-order valence-electron chi connectivity index (χ3n) is 3.35. The van der Waals surface area contributed by atoms with Crippen LogP contribution >= 0.6 is 0 Å². The van der Waals surface area contributed by atoms with Gasteiger partial charge in [-0.25, -0.2) is 0 Å². The summed E-state index contributed by atoms with van der Waals surface area (Å²) in [5, 5.41) is 0. The molecule has 1 saturated heterocycles. The molecule has 1 unspecified atom stereocenters. The van der Waals surface area contributed by atoms with Crippen LogP contribution in [0.4, 0.5) is 0 Å². The predicted molar refractivity (Wildman–Crippen MR) is 68.7 cm³/mol. The largest absolute Gasteiger partial charge is 0.378 e. The lowest BCUT2D eigenvalue weighted by molar-refractivity contribution is -0.131. The molecule has 100 valence electrons. The van der Waals surface area contributed by atoms with E-state index in [4.69, 9.17) is 10.5 Å². The number of ether oxygens (including phenoxy) is 1. The fourth-order valence-corrected chi connectivity index (χ4v) is 2.14. The molecule has 0 saturated carbocycles. The van der Waals surface area contributed by atoms with Crippen LogP contribution in [0, 0.1) is 5.41 Å². The molecule has 1 rings (SSSR count). The lowest BCUT2D eigenvalue weighted by Crippen LogP contribution is -2.39. The second-order valence-electron chi connectivity index (χ2n) is 5.79. The zero-order valence-electron chi connectivity index (χ0n) is 11.4. The summed E-state index contributed by atoms with van der Waals surface area (Å²) < 4.78 is 5.51. The Bertz CT molecular complexity index is 248. The summed E-state index contributed by atoms with van der Waals surface area (Å²) in [6.07, 6.45) is 3.98. The van der Waals surface area contributed by atoms with Gasteiger partial charge in [-0.05, 0) is 31.2 Å². The summed E-state index contributed by atoms with van der Waals surface area (Å²) in [6.45, 7) is 6.33. The summed E-state index contributed by atoms with van der Waals surface area (Å²) in [7, 11) is 1.86. The van der Waals surface area contributed by atoms with Gasteiger partial charge in [0.05, 0.1) is 6.10 Å². The van der Waals surface area contributed by atoms with Crippen LogP contribution in [0.5, 0.6) is 0 Å². The Morgan fingerprint density at radius 3 is 2.76 bits per heavy atom. The van der Waals surface area contributed by atoms with Crippen LogP contribution in [0.25, 0.3) is 0 Å². The first kappa shape index (κ1) is 14.5. The first-order chi connectivity index (χ1) is 7.94. The maximum Gasteiger partial charge on any atom is 0.222 e. The fourth-order valence-electron chi connectivity index (χ4n) is 2.14. The molecule has 1 atom stereocenters. The molecule has 2 N–H and O–H groups in total. The number of carbonyl (C=O) groups excluding carboxylic acids is 1. The molecule has 0 spiro atoms. The number of amides is 1. The van der Waals surface area contributed by atoms with Crippen LogP contribution < -0.4 is 5.73 Å². The lowest BCUT2D eigenvalue weighted by Gasteiger charge is -2.29. The second-order valence-corrected chi connectivity index (χ2v) is 5.79. The van der Waals surface area contributed by atoms with Gasteiger partial charge in [-0.2, -0.15) is 0 Å². The molecule has 0 bridgehead atoms. The standard InChI is InChI=1S/C13H26N2O2/c1-13(2,9-14)10-15(3)12(16)7-6-11-5-4-8-17-11/h11H,4-10,14H2,1-3H3. The van der Waals surface area contributed by atoms with Gasteiger partial charge in [0.25, 0.3) is 0 Å². The zero-order chi connectivity index (χ0) is 12.9. The van der Waals surface area contributed by atoms with Crippen LogP contribution in [-0.2, 0) is 9.53 Å². The Labute approximate surface area is 104 Å². The van der Waals surface area contributed by atoms with Crippen molar-refractivity contribution < 1.29 is 9.53 Å². The van der Waals surface area contributed by atoms with Crippen LogP contribution in [-0.4, -0.2) is 43.7 Å². The number of nitrogens with two attached hydrogens (primary N) is 1. The van der Waals surface area contributed by atoms with Crippen molar-refractivity contribution in [2.45, 2.75) is 45.6 Å². The van der Waals surface area contributed by atoms with Gasteiger partial charge in [0, 0.05) is 26.6 Å². The van der Waals surface area contributed by atoms with Crippen molar-refractivity contribution in [3.05, 3.63) is 0 Å². The molecule has 4 nitrogen and oxygen atoms in total. The van der Waals surface area contributed by atoms with E-state index in [0.29, 0.717) is 25.6 Å². The van der Waals surface area contributed by atoms with Gasteiger partial charge < -0.3 is 15.4 Å². The van der Waals surface area contributed by atoms with Gasteiger partial charge in [0.1, 0.15) is 0 Å². The monoisotopic (exact) mass is 242 g/mol. The number of hydrogen-bond acceptors (Lipinski definition) is 3. The SMILES string of the molecule is CN(CC(C)(C)CN)C(=O)CCC1CCCO1. The van der Waals surface area contributed by atoms with Gasteiger partial charge in [-0.1, -0.05) is 13.8 Å². The van der Waals surface area contributed by atoms with Crippen molar-refractivity contribution in [3.8, 4) is 0 Å². The Morgan fingerprint density at radius 2 is 2.24 bits per heavy atom. The summed E-state index contributed by atoms with van der Waals surface area (Å²) in [5.41, 5.74) is 5.66. The van der Waals surface area contributed by atoms with Crippen LogP contribution in [0.2, 0.25) is 0 Å². The number of hydrogen-bond donors (Lipinski definition) is 1. The van der Waals surface area contributed by atoms with Crippen molar-refractivity contribution in [1.82, 2.24) is 4.90 Å². The fraction of sp³-hybridized carbons (Fsp3) is 0.923. The molecule has 0 radical (unpaired) electrons. The Balaban J connectivity index is 2.26. The molecular formula is C13H26N2O2. The highest BCUT2D eigenvalue weighted by Gasteiger charge is 2.22. The quantitative estimate of drug-likeness (QED) is 0.765. The topological polar surface area (TPSA) is 55.6 Å². The summed E-state index contributed by atoms with van der Waals surface area (Å²) in [4.78, 5) is 13.7. The number of rotatable bonds is 6. The van der Waals surface area contributed by atoms with Gasteiger partial charge >= 0.3 is 0 Å². The van der Waals surface area contributed by atoms with Gasteiger partial charge in [0.15, 0.2) is 0 Å². The number of nitrogens with zero attached hydrogens (tertiary/aromatic N) is 1. The first-order valence-electron chi connectivity index (χ1n) is 6.50. The van der Waals surface area contributed by atoms with E-state index < -0.39 is 0 Å². The summed E-state index contributed by atoms with van der Waals surface area (Å²) in [6, 6.07) is 0. The molecule has 0 aromatic heterocycles. The van der Waals surface area contributed by atoms with E-state index in [1.165, 1.54) is 0 Å². The smallest absolute Gasteiger partial charge is 0.222 e. The molecular weight excluding hydrogens is 216 g/mol. The van der Waals surface area contributed by atoms with Crippen molar-refractivity contribution in [2.24, 2.45) is 11.1 Å². The minimum atomic E-state index is -0.00569. The molecule has 0 aromatic carbocycles. The predicted octanol–water partition coefficient (Wildman–Crippen LogP) is 1.39. The third-order valence-corrected chi connectivity index (χ3v) is 3.35. The lowest BCUT2D eigenvalue weighted by atomic mass is 9.93. The van der Waals surface area contributed by atoms with E-state index >= 15 is 0 Å². The summed E-state index contributed by atoms with van der Waals surface area (Å²) in [5.74, 6) is 0.196.